The van der Waals surface area contributed by atoms with E-state index in [2.05, 4.69) is 25.6 Å². The highest BCUT2D eigenvalue weighted by atomic mass is 32.2. The largest absolute Gasteiger partial charge is 0.393 e. The van der Waals surface area contributed by atoms with E-state index in [1.165, 1.54) is 16.6 Å². The Morgan fingerprint density at radius 3 is 2.57 bits per heavy atom. The van der Waals surface area contributed by atoms with Crippen LogP contribution in [-0.4, -0.2) is 83.9 Å². The minimum Gasteiger partial charge on any atom is -0.393 e. The van der Waals surface area contributed by atoms with Crippen molar-refractivity contribution in [3.8, 4) is 11.3 Å². The average Bonchev–Trinajstić information content (AvgIpc) is 2.89. The van der Waals surface area contributed by atoms with Crippen LogP contribution >= 0.6 is 0 Å². The molecule has 4 rings (SSSR count). The van der Waals surface area contributed by atoms with Crippen LogP contribution in [0.15, 0.2) is 29.4 Å². The minimum absolute atomic E-state index is 0.108. The quantitative estimate of drug-likeness (QED) is 0.468. The highest BCUT2D eigenvalue weighted by Gasteiger charge is 2.27. The molecule has 1 saturated heterocycles. The van der Waals surface area contributed by atoms with Crippen molar-refractivity contribution < 1.29 is 22.7 Å². The number of aliphatic hydroxyl groups is 1. The number of hydrogen-bond donors (Lipinski definition) is 3. The molecule has 1 aliphatic carbocycles. The van der Waals surface area contributed by atoms with Gasteiger partial charge in [0.15, 0.2) is 0 Å². The molecule has 2 aromatic heterocycles. The zero-order valence-electron chi connectivity index (χ0n) is 19.9. The van der Waals surface area contributed by atoms with E-state index in [1.54, 1.807) is 19.2 Å². The van der Waals surface area contributed by atoms with E-state index in [1.807, 2.05) is 0 Å². The summed E-state index contributed by atoms with van der Waals surface area (Å²) in [6.07, 6.45) is 5.05. The molecule has 0 spiro atoms. The minimum atomic E-state index is -3.65. The Morgan fingerprint density at radius 2 is 1.91 bits per heavy atom. The van der Waals surface area contributed by atoms with Gasteiger partial charge in [0.05, 0.1) is 30.6 Å². The van der Waals surface area contributed by atoms with Gasteiger partial charge in [0.1, 0.15) is 16.9 Å². The summed E-state index contributed by atoms with van der Waals surface area (Å²) < 4.78 is 46.2. The van der Waals surface area contributed by atoms with Gasteiger partial charge in [0.2, 0.25) is 16.0 Å². The Hall–Kier alpha value is -2.41. The van der Waals surface area contributed by atoms with Gasteiger partial charge in [-0.25, -0.2) is 17.8 Å². The van der Waals surface area contributed by atoms with Crippen LogP contribution < -0.4 is 10.6 Å². The van der Waals surface area contributed by atoms with Crippen LogP contribution in [0.1, 0.15) is 39.0 Å². The molecule has 192 valence electrons. The average molecular weight is 509 g/mol. The predicted molar refractivity (Wildman–Crippen MR) is 130 cm³/mol. The van der Waals surface area contributed by atoms with Crippen molar-refractivity contribution in [2.45, 2.75) is 62.2 Å². The number of halogens is 1. The molecule has 35 heavy (non-hydrogen) atoms. The fraction of sp³-hybridized carbons (Fsp3) is 0.609. The number of aromatic nitrogens is 3. The second-order valence-corrected chi connectivity index (χ2v) is 10.8. The first-order valence-corrected chi connectivity index (χ1v) is 13.5. The van der Waals surface area contributed by atoms with Gasteiger partial charge < -0.3 is 20.5 Å². The normalized spacial score (nSPS) is 22.5. The molecule has 2 aliphatic rings. The van der Waals surface area contributed by atoms with Gasteiger partial charge in [0.25, 0.3) is 0 Å². The molecule has 1 atom stereocenters. The lowest BCUT2D eigenvalue weighted by molar-refractivity contribution is 0.0730. The second-order valence-electron chi connectivity index (χ2n) is 8.89. The summed E-state index contributed by atoms with van der Waals surface area (Å²) in [7, 11) is -3.65. The molecule has 1 saturated carbocycles. The second kappa shape index (κ2) is 11.5. The maximum absolute atomic E-state index is 13.7. The van der Waals surface area contributed by atoms with Crippen molar-refractivity contribution in [1.82, 2.24) is 19.3 Å². The summed E-state index contributed by atoms with van der Waals surface area (Å²) in [4.78, 5) is 13.4. The number of hydrogen-bond acceptors (Lipinski definition) is 9. The topological polar surface area (TPSA) is 130 Å². The summed E-state index contributed by atoms with van der Waals surface area (Å²) in [5.41, 5.74) is 1.14. The number of ether oxygens (including phenoxy) is 1. The molecule has 0 amide bonds. The molecule has 3 heterocycles. The Bertz CT molecular complexity index is 1070. The molecule has 2 fully saturated rings. The smallest absolute Gasteiger partial charge is 0.244 e. The third-order valence-electron chi connectivity index (χ3n) is 6.37. The van der Waals surface area contributed by atoms with Crippen LogP contribution in [0.2, 0.25) is 0 Å². The van der Waals surface area contributed by atoms with Crippen molar-refractivity contribution in [2.75, 3.05) is 43.5 Å². The van der Waals surface area contributed by atoms with E-state index in [4.69, 9.17) is 4.74 Å². The van der Waals surface area contributed by atoms with Crippen molar-refractivity contribution >= 4 is 21.8 Å². The number of morpholine rings is 1. The fourth-order valence-corrected chi connectivity index (χ4v) is 5.51. The van der Waals surface area contributed by atoms with Crippen LogP contribution in [0.3, 0.4) is 0 Å². The van der Waals surface area contributed by atoms with Crippen molar-refractivity contribution in [2.24, 2.45) is 0 Å². The lowest BCUT2D eigenvalue weighted by Crippen LogP contribution is -2.40. The summed E-state index contributed by atoms with van der Waals surface area (Å²) in [6, 6.07) is 3.30. The van der Waals surface area contributed by atoms with Crippen molar-refractivity contribution in [3.63, 3.8) is 0 Å². The monoisotopic (exact) mass is 508 g/mol. The van der Waals surface area contributed by atoms with Crippen LogP contribution in [0, 0.1) is 0 Å². The van der Waals surface area contributed by atoms with Crippen molar-refractivity contribution in [3.05, 3.63) is 24.5 Å². The number of rotatable bonds is 9. The molecule has 12 heteroatoms. The van der Waals surface area contributed by atoms with Gasteiger partial charge in [0, 0.05) is 38.1 Å². The van der Waals surface area contributed by atoms with E-state index in [0.717, 1.165) is 12.8 Å². The van der Waals surface area contributed by atoms with Crippen LogP contribution in [0.5, 0.6) is 0 Å². The first-order valence-electron chi connectivity index (χ1n) is 12.1. The third kappa shape index (κ3) is 6.43. The number of aliphatic hydroxyl groups excluding tert-OH is 1. The number of nitrogens with one attached hydrogen (secondary N) is 2. The van der Waals surface area contributed by atoms with Gasteiger partial charge in [-0.2, -0.15) is 9.29 Å². The zero-order chi connectivity index (χ0) is 24.8. The van der Waals surface area contributed by atoms with E-state index < -0.39 is 16.2 Å². The number of anilines is 2. The molecule has 0 aromatic carbocycles. The van der Waals surface area contributed by atoms with Gasteiger partial charge in [-0.1, -0.05) is 6.92 Å². The lowest BCUT2D eigenvalue weighted by Gasteiger charge is -2.27. The van der Waals surface area contributed by atoms with E-state index in [9.17, 15) is 17.9 Å². The summed E-state index contributed by atoms with van der Waals surface area (Å²) in [5.74, 6) is 0.835. The van der Waals surface area contributed by atoms with Crippen LogP contribution in [-0.2, 0) is 14.8 Å². The molecular weight excluding hydrogens is 475 g/mol. The van der Waals surface area contributed by atoms with Crippen LogP contribution in [0.4, 0.5) is 16.2 Å². The first kappa shape index (κ1) is 25.7. The fourth-order valence-electron chi connectivity index (χ4n) is 4.15. The van der Waals surface area contributed by atoms with Gasteiger partial charge in [-0.05, 0) is 44.2 Å². The third-order valence-corrected chi connectivity index (χ3v) is 8.25. The van der Waals surface area contributed by atoms with Gasteiger partial charge in [-0.15, -0.1) is 0 Å². The maximum atomic E-state index is 13.7. The molecule has 0 radical (unpaired) electrons. The molecule has 0 bridgehead atoms. The SMILES string of the molecule is CC[C@H](F)CNc1ncc(-c2ccc(S(=O)(=O)N3CCOCC3)cn2)c(N[C@H]2CC[C@H](O)CC2)n1. The predicted octanol–water partition coefficient (Wildman–Crippen LogP) is 2.43. The highest BCUT2D eigenvalue weighted by Crippen LogP contribution is 2.30. The molecule has 0 unspecified atom stereocenters. The maximum Gasteiger partial charge on any atom is 0.244 e. The molecular formula is C23H33FN6O4S. The lowest BCUT2D eigenvalue weighted by atomic mass is 9.93. The van der Waals surface area contributed by atoms with E-state index in [0.29, 0.717) is 68.6 Å². The number of pyridine rings is 1. The zero-order valence-corrected chi connectivity index (χ0v) is 20.7. The Balaban J connectivity index is 1.58. The number of nitrogens with zero attached hydrogens (tertiary/aromatic N) is 4. The standard InChI is InChI=1S/C23H33FN6O4S/c1-2-16(24)13-26-23-27-15-20(22(29-23)28-17-3-5-18(31)6-4-17)21-8-7-19(14-25-21)35(32,33)30-9-11-34-12-10-30/h7-8,14-18,31H,2-6,9-13H2,1H3,(H2,26,27,28,29)/t16-,17-,18-/m0/s1. The van der Waals surface area contributed by atoms with Crippen LogP contribution in [0.25, 0.3) is 11.3 Å². The highest BCUT2D eigenvalue weighted by molar-refractivity contribution is 7.89. The molecule has 10 nitrogen and oxygen atoms in total. The van der Waals surface area contributed by atoms with Gasteiger partial charge in [-0.3, -0.25) is 4.98 Å². The molecule has 1 aliphatic heterocycles. The summed E-state index contributed by atoms with van der Waals surface area (Å²) in [6.45, 7) is 3.25. The summed E-state index contributed by atoms with van der Waals surface area (Å²) >= 11 is 0. The molecule has 3 N–H and O–H groups in total. The Morgan fingerprint density at radius 1 is 1.17 bits per heavy atom. The van der Waals surface area contributed by atoms with E-state index in [-0.39, 0.29) is 23.6 Å². The van der Waals surface area contributed by atoms with Crippen molar-refractivity contribution in [1.29, 1.82) is 0 Å². The van der Waals surface area contributed by atoms with Gasteiger partial charge >= 0.3 is 0 Å². The molecule has 2 aromatic rings. The first-order chi connectivity index (χ1) is 16.9. The Labute approximate surface area is 205 Å². The number of alkyl halides is 1. The number of sulfonamides is 1. The summed E-state index contributed by atoms with van der Waals surface area (Å²) in [5, 5.41) is 16.2. The Kier molecular flexibility index (Phi) is 8.47. The van der Waals surface area contributed by atoms with E-state index >= 15 is 0 Å².